The van der Waals surface area contributed by atoms with Crippen molar-refractivity contribution in [3.05, 3.63) is 76.5 Å². The zero-order valence-corrected chi connectivity index (χ0v) is 13.7. The highest BCUT2D eigenvalue weighted by atomic mass is 16.6. The van der Waals surface area contributed by atoms with Gasteiger partial charge in [-0.25, -0.2) is 0 Å². The van der Waals surface area contributed by atoms with Crippen LogP contribution in [-0.4, -0.2) is 17.9 Å². The van der Waals surface area contributed by atoms with E-state index in [1.807, 2.05) is 12.1 Å². The number of methoxy groups -OCH3 is 1. The average molecular weight is 354 g/mol. The van der Waals surface area contributed by atoms with Gasteiger partial charge >= 0.3 is 5.88 Å². The highest BCUT2D eigenvalue weighted by Gasteiger charge is 2.17. The lowest BCUT2D eigenvalue weighted by atomic mass is 10.3. The van der Waals surface area contributed by atoms with Gasteiger partial charge in [0.1, 0.15) is 10.7 Å². The van der Waals surface area contributed by atoms with Gasteiger partial charge in [-0.2, -0.15) is 0 Å². The summed E-state index contributed by atoms with van der Waals surface area (Å²) in [5, 5.41) is 13.2. The molecule has 2 aromatic carbocycles. The van der Waals surface area contributed by atoms with Crippen molar-refractivity contribution in [3.63, 3.8) is 0 Å². The van der Waals surface area contributed by atoms with Gasteiger partial charge in [-0.1, -0.05) is 12.1 Å². The zero-order chi connectivity index (χ0) is 18.5. The molecule has 1 aromatic heterocycles. The van der Waals surface area contributed by atoms with Gasteiger partial charge in [0, 0.05) is 5.69 Å². The number of carbonyl (C=O) groups is 1. The van der Waals surface area contributed by atoms with Gasteiger partial charge in [-0.3, -0.25) is 14.9 Å². The molecule has 0 aliphatic carbocycles. The van der Waals surface area contributed by atoms with Crippen LogP contribution < -0.4 is 14.8 Å². The molecule has 3 rings (SSSR count). The summed E-state index contributed by atoms with van der Waals surface area (Å²) in [6.07, 6.45) is 0. The fraction of sp³-hybridized carbons (Fsp3) is 0.0556. The number of nitrogens with zero attached hydrogens (tertiary/aromatic N) is 1. The molecule has 0 bridgehead atoms. The van der Waals surface area contributed by atoms with E-state index in [2.05, 4.69) is 5.32 Å². The zero-order valence-electron chi connectivity index (χ0n) is 13.7. The molecule has 0 spiro atoms. The van der Waals surface area contributed by atoms with Crippen LogP contribution in [0.5, 0.6) is 17.2 Å². The van der Waals surface area contributed by atoms with Crippen LogP contribution in [0.4, 0.5) is 11.6 Å². The summed E-state index contributed by atoms with van der Waals surface area (Å²) >= 11 is 0. The molecule has 1 amide bonds. The van der Waals surface area contributed by atoms with Crippen molar-refractivity contribution in [2.45, 2.75) is 0 Å². The third-order valence-corrected chi connectivity index (χ3v) is 3.40. The molecular formula is C18H14N2O6. The molecule has 0 atom stereocenters. The van der Waals surface area contributed by atoms with E-state index in [0.717, 1.165) is 6.07 Å². The first-order valence-corrected chi connectivity index (χ1v) is 7.53. The number of hydrogen-bond acceptors (Lipinski definition) is 6. The SMILES string of the molecule is COc1ccccc1Oc1ccc(NC(=O)c2ccc([N+](=O)[O-])o2)cc1. The molecule has 8 nitrogen and oxygen atoms in total. The first-order valence-electron chi connectivity index (χ1n) is 7.53. The van der Waals surface area contributed by atoms with Crippen LogP contribution >= 0.6 is 0 Å². The number of furan rings is 1. The second-order valence-corrected chi connectivity index (χ2v) is 5.13. The van der Waals surface area contributed by atoms with Gasteiger partial charge in [-0.15, -0.1) is 0 Å². The normalized spacial score (nSPS) is 10.2. The standard InChI is InChI=1S/C18H14N2O6/c1-24-14-4-2-3-5-15(14)25-13-8-6-12(7-9-13)19-18(21)16-10-11-17(26-16)20(22)23/h2-11H,1H3,(H,19,21). The highest BCUT2D eigenvalue weighted by Crippen LogP contribution is 2.31. The van der Waals surface area contributed by atoms with Crippen LogP contribution in [0.25, 0.3) is 0 Å². The first-order chi connectivity index (χ1) is 12.6. The molecular weight excluding hydrogens is 340 g/mol. The molecule has 0 radical (unpaired) electrons. The largest absolute Gasteiger partial charge is 0.493 e. The Bertz CT molecular complexity index is 933. The van der Waals surface area contributed by atoms with E-state index in [0.29, 0.717) is 22.9 Å². The summed E-state index contributed by atoms with van der Waals surface area (Å²) < 4.78 is 15.8. The number of rotatable bonds is 6. The Morgan fingerprint density at radius 3 is 2.35 bits per heavy atom. The number of carbonyl (C=O) groups excluding carboxylic acids is 1. The molecule has 0 saturated heterocycles. The number of benzene rings is 2. The molecule has 3 aromatic rings. The second-order valence-electron chi connectivity index (χ2n) is 5.13. The van der Waals surface area contributed by atoms with E-state index in [1.54, 1.807) is 43.5 Å². The van der Waals surface area contributed by atoms with Gasteiger partial charge in [-0.05, 0) is 42.5 Å². The Labute approximate surface area is 148 Å². The number of nitro groups is 1. The molecule has 26 heavy (non-hydrogen) atoms. The minimum absolute atomic E-state index is 0.147. The van der Waals surface area contributed by atoms with E-state index in [1.165, 1.54) is 6.07 Å². The van der Waals surface area contributed by atoms with Crippen molar-refractivity contribution >= 4 is 17.5 Å². The summed E-state index contributed by atoms with van der Waals surface area (Å²) in [5.74, 6) is 0.498. The van der Waals surface area contributed by atoms with E-state index < -0.39 is 16.7 Å². The summed E-state index contributed by atoms with van der Waals surface area (Å²) in [4.78, 5) is 21.9. The molecule has 0 unspecified atom stereocenters. The third kappa shape index (κ3) is 3.81. The first kappa shape index (κ1) is 17.0. The van der Waals surface area contributed by atoms with Gasteiger partial charge in [0.2, 0.25) is 0 Å². The van der Waals surface area contributed by atoms with Gasteiger partial charge in [0.25, 0.3) is 5.91 Å². The number of nitrogens with one attached hydrogen (secondary N) is 1. The van der Waals surface area contributed by atoms with Crippen LogP contribution in [0.1, 0.15) is 10.6 Å². The monoisotopic (exact) mass is 354 g/mol. The van der Waals surface area contributed by atoms with Crippen LogP contribution in [0.15, 0.2) is 65.1 Å². The summed E-state index contributed by atoms with van der Waals surface area (Å²) in [5.41, 5.74) is 0.487. The lowest BCUT2D eigenvalue weighted by Gasteiger charge is -2.10. The maximum Gasteiger partial charge on any atom is 0.433 e. The number of ether oxygens (including phenoxy) is 2. The lowest BCUT2D eigenvalue weighted by Crippen LogP contribution is -2.10. The molecule has 1 heterocycles. The Morgan fingerprint density at radius 2 is 1.73 bits per heavy atom. The lowest BCUT2D eigenvalue weighted by molar-refractivity contribution is -0.402. The van der Waals surface area contributed by atoms with Gasteiger partial charge in [0.15, 0.2) is 17.3 Å². The maximum atomic E-state index is 12.0. The number of anilines is 1. The summed E-state index contributed by atoms with van der Waals surface area (Å²) in [6.45, 7) is 0. The fourth-order valence-corrected chi connectivity index (χ4v) is 2.18. The summed E-state index contributed by atoms with van der Waals surface area (Å²) in [6, 6.07) is 16.2. The number of hydrogen-bond donors (Lipinski definition) is 1. The minimum atomic E-state index is -0.708. The third-order valence-electron chi connectivity index (χ3n) is 3.40. The van der Waals surface area contributed by atoms with Gasteiger partial charge in [0.05, 0.1) is 13.2 Å². The second kappa shape index (κ2) is 7.39. The van der Waals surface area contributed by atoms with E-state index in [4.69, 9.17) is 13.9 Å². The van der Waals surface area contributed by atoms with Crippen molar-refractivity contribution in [2.24, 2.45) is 0 Å². The van der Waals surface area contributed by atoms with Crippen molar-refractivity contribution in [1.29, 1.82) is 0 Å². The van der Waals surface area contributed by atoms with Gasteiger partial charge < -0.3 is 19.2 Å². The van der Waals surface area contributed by atoms with Crippen LogP contribution in [0, 0.1) is 10.1 Å². The number of amides is 1. The van der Waals surface area contributed by atoms with Crippen LogP contribution in [-0.2, 0) is 0 Å². The molecule has 1 N–H and O–H groups in total. The van der Waals surface area contributed by atoms with Crippen LogP contribution in [0.3, 0.4) is 0 Å². The molecule has 0 aliphatic heterocycles. The Kier molecular flexibility index (Phi) is 4.84. The minimum Gasteiger partial charge on any atom is -0.493 e. The van der Waals surface area contributed by atoms with E-state index >= 15 is 0 Å². The Balaban J connectivity index is 1.67. The molecule has 0 saturated carbocycles. The topological polar surface area (TPSA) is 104 Å². The van der Waals surface area contributed by atoms with Crippen molar-refractivity contribution < 1.29 is 23.6 Å². The predicted molar refractivity (Wildman–Crippen MR) is 92.8 cm³/mol. The van der Waals surface area contributed by atoms with Crippen molar-refractivity contribution in [3.8, 4) is 17.2 Å². The van der Waals surface area contributed by atoms with Crippen molar-refractivity contribution in [2.75, 3.05) is 12.4 Å². The highest BCUT2D eigenvalue weighted by molar-refractivity contribution is 6.02. The predicted octanol–water partition coefficient (Wildman–Crippen LogP) is 4.24. The molecule has 0 fully saturated rings. The molecule has 8 heteroatoms. The summed E-state index contributed by atoms with van der Waals surface area (Å²) in [7, 11) is 1.56. The Hall–Kier alpha value is -3.81. The van der Waals surface area contributed by atoms with Crippen molar-refractivity contribution in [1.82, 2.24) is 0 Å². The maximum absolute atomic E-state index is 12.0. The smallest absolute Gasteiger partial charge is 0.433 e. The molecule has 132 valence electrons. The van der Waals surface area contributed by atoms with Crippen LogP contribution in [0.2, 0.25) is 0 Å². The number of para-hydroxylation sites is 2. The average Bonchev–Trinajstić information content (AvgIpc) is 3.14. The fourth-order valence-electron chi connectivity index (χ4n) is 2.18. The molecule has 0 aliphatic rings. The Morgan fingerprint density at radius 1 is 1.04 bits per heavy atom. The van der Waals surface area contributed by atoms with E-state index in [9.17, 15) is 14.9 Å². The van der Waals surface area contributed by atoms with E-state index in [-0.39, 0.29) is 5.76 Å². The quantitative estimate of drug-likeness (QED) is 0.524.